The van der Waals surface area contributed by atoms with Crippen LogP contribution in [0.2, 0.25) is 0 Å². The summed E-state index contributed by atoms with van der Waals surface area (Å²) >= 11 is 0. The van der Waals surface area contributed by atoms with Crippen LogP contribution in [0.1, 0.15) is 50.7 Å². The second-order valence-electron chi connectivity index (χ2n) is 9.56. The number of likely N-dealkylation sites (tertiary alicyclic amines) is 1. The van der Waals surface area contributed by atoms with E-state index >= 15 is 0 Å². The highest BCUT2D eigenvalue weighted by Gasteiger charge is 2.51. The Morgan fingerprint density at radius 1 is 1.09 bits per heavy atom. The molecular formula is C26H30N2O5. The lowest BCUT2D eigenvalue weighted by atomic mass is 9.80. The van der Waals surface area contributed by atoms with Crippen molar-refractivity contribution in [1.29, 1.82) is 0 Å². The number of aliphatic carboxylic acids is 1. The first kappa shape index (κ1) is 22.8. The van der Waals surface area contributed by atoms with Crippen molar-refractivity contribution >= 4 is 18.0 Å². The quantitative estimate of drug-likeness (QED) is 0.664. The monoisotopic (exact) mass is 450 g/mol. The summed E-state index contributed by atoms with van der Waals surface area (Å²) in [5, 5.41) is 12.1. The minimum Gasteiger partial charge on any atom is -0.481 e. The van der Waals surface area contributed by atoms with Crippen LogP contribution in [0.5, 0.6) is 0 Å². The van der Waals surface area contributed by atoms with Crippen molar-refractivity contribution < 1.29 is 24.2 Å². The number of nitrogens with zero attached hydrogens (tertiary/aromatic N) is 1. The van der Waals surface area contributed by atoms with Gasteiger partial charge in [0, 0.05) is 19.0 Å². The topological polar surface area (TPSA) is 95.9 Å². The number of hydrogen-bond donors (Lipinski definition) is 2. The number of rotatable bonds is 7. The van der Waals surface area contributed by atoms with Gasteiger partial charge >= 0.3 is 12.1 Å². The van der Waals surface area contributed by atoms with Gasteiger partial charge in [-0.15, -0.1) is 0 Å². The van der Waals surface area contributed by atoms with Crippen molar-refractivity contribution in [3.05, 3.63) is 59.7 Å². The number of fused-ring (bicyclic) bond motifs is 3. The van der Waals surface area contributed by atoms with Crippen LogP contribution in [-0.2, 0) is 14.3 Å². The van der Waals surface area contributed by atoms with Crippen LogP contribution >= 0.6 is 0 Å². The molecule has 2 aromatic rings. The third-order valence-corrected chi connectivity index (χ3v) is 6.83. The molecule has 1 aliphatic heterocycles. The molecule has 1 unspecified atom stereocenters. The molecule has 7 heteroatoms. The van der Waals surface area contributed by atoms with Crippen LogP contribution < -0.4 is 5.32 Å². The summed E-state index contributed by atoms with van der Waals surface area (Å²) in [5.41, 5.74) is 2.43. The first-order chi connectivity index (χ1) is 15.7. The molecule has 2 aromatic carbocycles. The Hall–Kier alpha value is -3.35. The molecule has 2 aliphatic rings. The number of carboxylic acid groups (broad SMARTS) is 1. The zero-order chi connectivity index (χ0) is 23.8. The number of alkyl carbamates (subject to hydrolysis) is 1. The van der Waals surface area contributed by atoms with E-state index in [1.54, 1.807) is 13.8 Å². The van der Waals surface area contributed by atoms with Crippen molar-refractivity contribution in [3.63, 3.8) is 0 Å². The van der Waals surface area contributed by atoms with Crippen LogP contribution in [0.3, 0.4) is 0 Å². The summed E-state index contributed by atoms with van der Waals surface area (Å²) in [6.07, 6.45) is 0.453. The molecule has 1 heterocycles. The van der Waals surface area contributed by atoms with Crippen molar-refractivity contribution in [2.75, 3.05) is 19.7 Å². The summed E-state index contributed by atoms with van der Waals surface area (Å²) in [6, 6.07) is 16.2. The molecular weight excluding hydrogens is 420 g/mol. The molecule has 1 atom stereocenters. The lowest BCUT2D eigenvalue weighted by Gasteiger charge is -2.48. The van der Waals surface area contributed by atoms with Crippen LogP contribution in [0.25, 0.3) is 11.1 Å². The molecule has 0 saturated carbocycles. The zero-order valence-corrected chi connectivity index (χ0v) is 19.3. The van der Waals surface area contributed by atoms with Gasteiger partial charge in [0.15, 0.2) is 0 Å². The normalized spacial score (nSPS) is 17.8. The number of benzene rings is 2. The summed E-state index contributed by atoms with van der Waals surface area (Å²) in [6.45, 7) is 5.66. The fraction of sp³-hybridized carbons (Fsp3) is 0.423. The van der Waals surface area contributed by atoms with E-state index in [2.05, 4.69) is 29.6 Å². The second kappa shape index (κ2) is 8.54. The molecule has 1 saturated heterocycles. The van der Waals surface area contributed by atoms with E-state index in [1.807, 2.05) is 31.2 Å². The number of carboxylic acids is 1. The van der Waals surface area contributed by atoms with Gasteiger partial charge in [0.2, 0.25) is 5.91 Å². The lowest BCUT2D eigenvalue weighted by Crippen LogP contribution is -2.67. The van der Waals surface area contributed by atoms with Gasteiger partial charge < -0.3 is 20.1 Å². The average molecular weight is 451 g/mol. The van der Waals surface area contributed by atoms with E-state index in [1.165, 1.54) is 4.90 Å². The van der Waals surface area contributed by atoms with Gasteiger partial charge in [-0.1, -0.05) is 61.9 Å². The Kier molecular flexibility index (Phi) is 5.91. The number of hydrogen-bond acceptors (Lipinski definition) is 4. The Morgan fingerprint density at radius 2 is 1.64 bits per heavy atom. The van der Waals surface area contributed by atoms with Gasteiger partial charge in [0.05, 0.1) is 0 Å². The highest BCUT2D eigenvalue weighted by Crippen LogP contribution is 2.44. The maximum absolute atomic E-state index is 13.1. The Labute approximate surface area is 193 Å². The summed E-state index contributed by atoms with van der Waals surface area (Å²) in [4.78, 5) is 38.8. The number of ether oxygens (including phenoxy) is 1. The first-order valence-electron chi connectivity index (χ1n) is 11.3. The average Bonchev–Trinajstić information content (AvgIpc) is 3.09. The van der Waals surface area contributed by atoms with Gasteiger partial charge in [-0.2, -0.15) is 0 Å². The highest BCUT2D eigenvalue weighted by molar-refractivity contribution is 5.92. The summed E-state index contributed by atoms with van der Waals surface area (Å²) in [7, 11) is 0. The van der Waals surface area contributed by atoms with Crippen molar-refractivity contribution in [1.82, 2.24) is 10.2 Å². The molecule has 174 valence electrons. The molecule has 2 amide bonds. The van der Waals surface area contributed by atoms with E-state index in [9.17, 15) is 19.5 Å². The fourth-order valence-corrected chi connectivity index (χ4v) is 5.01. The molecule has 33 heavy (non-hydrogen) atoms. The van der Waals surface area contributed by atoms with Gasteiger partial charge in [-0.3, -0.25) is 9.59 Å². The van der Waals surface area contributed by atoms with Gasteiger partial charge in [-0.25, -0.2) is 4.79 Å². The SMILES string of the molecule is CCCC(C)(NC(=O)OCC1c2ccccc2-c2ccccc21)C(=O)N1CC(C)(C(=O)O)C1. The predicted molar refractivity (Wildman–Crippen MR) is 124 cm³/mol. The minimum atomic E-state index is -1.16. The van der Waals surface area contributed by atoms with Crippen molar-refractivity contribution in [3.8, 4) is 11.1 Å². The highest BCUT2D eigenvalue weighted by atomic mass is 16.5. The smallest absolute Gasteiger partial charge is 0.408 e. The van der Waals surface area contributed by atoms with Crippen molar-refractivity contribution in [2.45, 2.75) is 45.1 Å². The third-order valence-electron chi connectivity index (χ3n) is 6.83. The molecule has 2 N–H and O–H groups in total. The summed E-state index contributed by atoms with van der Waals surface area (Å²) < 4.78 is 5.63. The van der Waals surface area contributed by atoms with E-state index in [-0.39, 0.29) is 31.5 Å². The van der Waals surface area contributed by atoms with Crippen LogP contribution in [-0.4, -0.2) is 53.2 Å². The molecule has 1 fully saturated rings. The van der Waals surface area contributed by atoms with Gasteiger partial charge in [-0.05, 0) is 42.5 Å². The maximum atomic E-state index is 13.1. The number of amides is 2. The van der Waals surface area contributed by atoms with Crippen molar-refractivity contribution in [2.24, 2.45) is 5.41 Å². The number of carbonyl (C=O) groups excluding carboxylic acids is 2. The van der Waals surface area contributed by atoms with Gasteiger partial charge in [0.1, 0.15) is 17.6 Å². The van der Waals surface area contributed by atoms with E-state index in [0.717, 1.165) is 22.3 Å². The number of carbonyl (C=O) groups is 3. The van der Waals surface area contributed by atoms with E-state index in [4.69, 9.17) is 4.74 Å². The maximum Gasteiger partial charge on any atom is 0.408 e. The fourth-order valence-electron chi connectivity index (χ4n) is 5.01. The zero-order valence-electron chi connectivity index (χ0n) is 19.3. The standard InChI is InChI=1S/C26H30N2O5/c1-4-13-26(3,22(29)28-15-25(2,16-28)23(30)31)27-24(32)33-14-21-19-11-7-5-9-17(19)18-10-6-8-12-20(18)21/h5-12,21H,4,13-16H2,1-3H3,(H,27,32)(H,30,31). The van der Waals surface area contributed by atoms with E-state index in [0.29, 0.717) is 12.8 Å². The lowest BCUT2D eigenvalue weighted by molar-refractivity contribution is -0.166. The molecule has 0 radical (unpaired) electrons. The van der Waals surface area contributed by atoms with Gasteiger partial charge in [0.25, 0.3) is 0 Å². The molecule has 4 rings (SSSR count). The Morgan fingerprint density at radius 3 is 2.15 bits per heavy atom. The predicted octanol–water partition coefficient (Wildman–Crippen LogP) is 4.02. The van der Waals surface area contributed by atoms with Crippen LogP contribution in [0.4, 0.5) is 4.79 Å². The number of nitrogens with one attached hydrogen (secondary N) is 1. The summed E-state index contributed by atoms with van der Waals surface area (Å²) in [5.74, 6) is -1.27. The molecule has 0 spiro atoms. The molecule has 0 aromatic heterocycles. The molecule has 1 aliphatic carbocycles. The molecule has 7 nitrogen and oxygen atoms in total. The minimum absolute atomic E-state index is 0.0667. The van der Waals surface area contributed by atoms with Crippen LogP contribution in [0.15, 0.2) is 48.5 Å². The second-order valence-corrected chi connectivity index (χ2v) is 9.56. The molecule has 0 bridgehead atoms. The Balaban J connectivity index is 1.43. The third kappa shape index (κ3) is 4.08. The van der Waals surface area contributed by atoms with E-state index < -0.39 is 23.0 Å². The largest absolute Gasteiger partial charge is 0.481 e. The Bertz CT molecular complexity index is 1050. The van der Waals surface area contributed by atoms with Crippen LogP contribution in [0, 0.1) is 5.41 Å². The first-order valence-corrected chi connectivity index (χ1v) is 11.3.